The van der Waals surface area contributed by atoms with Crippen LogP contribution in [0.3, 0.4) is 0 Å². The Kier molecular flexibility index (Phi) is 4.08. The lowest BCUT2D eigenvalue weighted by Gasteiger charge is -2.07. The van der Waals surface area contributed by atoms with Crippen molar-refractivity contribution in [2.45, 2.75) is 30.7 Å². The highest BCUT2D eigenvalue weighted by atomic mass is 32.2. The van der Waals surface area contributed by atoms with E-state index in [-0.39, 0.29) is 0 Å². The summed E-state index contributed by atoms with van der Waals surface area (Å²) in [5.41, 5.74) is 2.62. The number of hydrogen-bond acceptors (Lipinski definition) is 2. The maximum absolute atomic E-state index is 4.11. The van der Waals surface area contributed by atoms with Gasteiger partial charge >= 0.3 is 0 Å². The molecule has 1 aliphatic rings. The Hall–Kier alpha value is -0.730. The molecule has 0 bridgehead atoms. The van der Waals surface area contributed by atoms with Gasteiger partial charge in [0.05, 0.1) is 0 Å². The van der Waals surface area contributed by atoms with Crippen LogP contribution < -0.4 is 5.32 Å². The van der Waals surface area contributed by atoms with E-state index in [9.17, 15) is 0 Å². The van der Waals surface area contributed by atoms with E-state index in [1.807, 2.05) is 11.8 Å². The van der Waals surface area contributed by atoms with E-state index in [4.69, 9.17) is 0 Å². The van der Waals surface area contributed by atoms with Gasteiger partial charge in [0.2, 0.25) is 0 Å². The molecular formula is C14H19NS. The summed E-state index contributed by atoms with van der Waals surface area (Å²) >= 11 is 1.88. The number of nitrogens with one attached hydrogen (secondary N) is 1. The van der Waals surface area contributed by atoms with Crippen LogP contribution in [0.1, 0.15) is 18.4 Å². The highest BCUT2D eigenvalue weighted by Crippen LogP contribution is 2.22. The van der Waals surface area contributed by atoms with Crippen molar-refractivity contribution in [2.24, 2.45) is 0 Å². The quantitative estimate of drug-likeness (QED) is 0.597. The lowest BCUT2D eigenvalue weighted by atomic mass is 10.2. The van der Waals surface area contributed by atoms with Crippen molar-refractivity contribution in [3.05, 3.63) is 42.0 Å². The molecule has 1 N–H and O–H groups in total. The van der Waals surface area contributed by atoms with Crippen molar-refractivity contribution >= 4 is 11.8 Å². The zero-order valence-electron chi connectivity index (χ0n) is 9.83. The lowest BCUT2D eigenvalue weighted by Crippen LogP contribution is -2.19. The van der Waals surface area contributed by atoms with Crippen molar-refractivity contribution in [1.29, 1.82) is 0 Å². The molecule has 0 saturated heterocycles. The average Bonchev–Trinajstić information content (AvgIpc) is 3.07. The summed E-state index contributed by atoms with van der Waals surface area (Å²) in [7, 11) is 0. The summed E-state index contributed by atoms with van der Waals surface area (Å²) in [5.74, 6) is 1.02. The summed E-state index contributed by atoms with van der Waals surface area (Å²) in [6.07, 6.45) is 2.69. The summed E-state index contributed by atoms with van der Waals surface area (Å²) < 4.78 is 0. The van der Waals surface area contributed by atoms with Gasteiger partial charge in [-0.2, -0.15) is 0 Å². The van der Waals surface area contributed by atoms with Crippen molar-refractivity contribution in [3.8, 4) is 0 Å². The first kappa shape index (κ1) is 11.7. The first-order valence-electron chi connectivity index (χ1n) is 5.83. The molecule has 0 heterocycles. The monoisotopic (exact) mass is 233 g/mol. The molecule has 2 rings (SSSR count). The Morgan fingerprint density at radius 3 is 3.00 bits per heavy atom. The van der Waals surface area contributed by atoms with E-state index in [1.54, 1.807) is 0 Å². The van der Waals surface area contributed by atoms with E-state index in [1.165, 1.54) is 28.9 Å². The zero-order chi connectivity index (χ0) is 11.4. The fraction of sp³-hybridized carbons (Fsp3) is 0.429. The SMILES string of the molecule is C=C(CNC1CC1)CSc1cccc(C)c1. The van der Waals surface area contributed by atoms with Gasteiger partial charge < -0.3 is 5.32 Å². The van der Waals surface area contributed by atoms with Gasteiger partial charge in [0, 0.05) is 23.2 Å². The van der Waals surface area contributed by atoms with Crippen LogP contribution in [0, 0.1) is 6.92 Å². The predicted molar refractivity (Wildman–Crippen MR) is 72.1 cm³/mol. The van der Waals surface area contributed by atoms with Crippen LogP contribution in [0.25, 0.3) is 0 Å². The van der Waals surface area contributed by atoms with Crippen LogP contribution in [-0.2, 0) is 0 Å². The maximum Gasteiger partial charge on any atom is 0.0200 e. The Morgan fingerprint density at radius 2 is 2.31 bits per heavy atom. The number of benzene rings is 1. The Balaban J connectivity index is 1.71. The number of rotatable bonds is 6. The van der Waals surface area contributed by atoms with E-state index < -0.39 is 0 Å². The van der Waals surface area contributed by atoms with Gasteiger partial charge in [-0.3, -0.25) is 0 Å². The molecule has 1 aliphatic carbocycles. The van der Waals surface area contributed by atoms with Gasteiger partial charge in [-0.15, -0.1) is 11.8 Å². The van der Waals surface area contributed by atoms with Crippen LogP contribution in [0.15, 0.2) is 41.3 Å². The van der Waals surface area contributed by atoms with Crippen molar-refractivity contribution in [2.75, 3.05) is 12.3 Å². The molecule has 0 atom stereocenters. The third-order valence-electron chi connectivity index (χ3n) is 2.65. The van der Waals surface area contributed by atoms with Crippen LogP contribution in [-0.4, -0.2) is 18.3 Å². The van der Waals surface area contributed by atoms with Crippen molar-refractivity contribution in [3.63, 3.8) is 0 Å². The lowest BCUT2D eigenvalue weighted by molar-refractivity contribution is 0.736. The molecule has 1 saturated carbocycles. The van der Waals surface area contributed by atoms with Crippen LogP contribution in [0.4, 0.5) is 0 Å². The molecule has 1 fully saturated rings. The Labute approximate surface area is 102 Å². The minimum Gasteiger partial charge on any atom is -0.310 e. The Morgan fingerprint density at radius 1 is 1.50 bits per heavy atom. The molecule has 0 unspecified atom stereocenters. The first-order chi connectivity index (χ1) is 7.74. The van der Waals surface area contributed by atoms with Gasteiger partial charge in [0.15, 0.2) is 0 Å². The minimum absolute atomic E-state index is 0.778. The first-order valence-corrected chi connectivity index (χ1v) is 6.82. The minimum atomic E-state index is 0.778. The second-order valence-corrected chi connectivity index (χ2v) is 5.56. The molecule has 86 valence electrons. The summed E-state index contributed by atoms with van der Waals surface area (Å²) in [6, 6.07) is 9.42. The third kappa shape index (κ3) is 4.03. The van der Waals surface area contributed by atoms with Crippen LogP contribution in [0.5, 0.6) is 0 Å². The number of aryl methyl sites for hydroxylation is 1. The fourth-order valence-electron chi connectivity index (χ4n) is 1.52. The van der Waals surface area contributed by atoms with Crippen molar-refractivity contribution in [1.82, 2.24) is 5.32 Å². The highest BCUT2D eigenvalue weighted by Gasteiger charge is 2.19. The molecule has 1 nitrogen and oxygen atoms in total. The van der Waals surface area contributed by atoms with Gasteiger partial charge in [-0.05, 0) is 31.9 Å². The third-order valence-corrected chi connectivity index (χ3v) is 3.79. The van der Waals surface area contributed by atoms with E-state index in [0.29, 0.717) is 0 Å². The van der Waals surface area contributed by atoms with Gasteiger partial charge in [0.1, 0.15) is 0 Å². The standard InChI is InChI=1S/C14H19NS/c1-11-4-3-5-14(8-11)16-10-12(2)9-15-13-6-7-13/h3-5,8,13,15H,2,6-7,9-10H2,1H3. The zero-order valence-corrected chi connectivity index (χ0v) is 10.6. The van der Waals surface area contributed by atoms with E-state index in [2.05, 4.69) is 43.1 Å². The topological polar surface area (TPSA) is 12.0 Å². The molecule has 0 amide bonds. The van der Waals surface area contributed by atoms with E-state index in [0.717, 1.165) is 18.3 Å². The fourth-order valence-corrected chi connectivity index (χ4v) is 2.43. The van der Waals surface area contributed by atoms with Crippen LogP contribution in [0.2, 0.25) is 0 Å². The second kappa shape index (κ2) is 5.55. The Bertz CT molecular complexity index is 369. The molecule has 1 aromatic carbocycles. The summed E-state index contributed by atoms with van der Waals surface area (Å²) in [4.78, 5) is 1.34. The smallest absolute Gasteiger partial charge is 0.0200 e. The van der Waals surface area contributed by atoms with Crippen molar-refractivity contribution < 1.29 is 0 Å². The van der Waals surface area contributed by atoms with Gasteiger partial charge in [-0.25, -0.2) is 0 Å². The molecule has 2 heteroatoms. The van der Waals surface area contributed by atoms with Crippen LogP contribution >= 0.6 is 11.8 Å². The molecular weight excluding hydrogens is 214 g/mol. The average molecular weight is 233 g/mol. The summed E-state index contributed by atoms with van der Waals surface area (Å²) in [6.45, 7) is 7.22. The summed E-state index contributed by atoms with van der Waals surface area (Å²) in [5, 5.41) is 3.49. The normalized spacial score (nSPS) is 15.1. The molecule has 0 spiro atoms. The largest absolute Gasteiger partial charge is 0.310 e. The maximum atomic E-state index is 4.11. The van der Waals surface area contributed by atoms with E-state index >= 15 is 0 Å². The molecule has 0 aliphatic heterocycles. The molecule has 0 radical (unpaired) electrons. The van der Waals surface area contributed by atoms with Gasteiger partial charge in [0.25, 0.3) is 0 Å². The highest BCUT2D eigenvalue weighted by molar-refractivity contribution is 7.99. The molecule has 1 aromatic rings. The van der Waals surface area contributed by atoms with Gasteiger partial charge in [-0.1, -0.05) is 29.8 Å². The number of thioether (sulfide) groups is 1. The predicted octanol–water partition coefficient (Wildman–Crippen LogP) is 3.40. The second-order valence-electron chi connectivity index (χ2n) is 4.51. The number of hydrogen-bond donors (Lipinski definition) is 1. The molecule has 0 aromatic heterocycles. The molecule has 16 heavy (non-hydrogen) atoms.